The largest absolute Gasteiger partial charge is 0.273 e. The maximum absolute atomic E-state index is 8.03. The fraction of sp³-hybridized carbons (Fsp3) is 0.571. The van der Waals surface area contributed by atoms with Crippen LogP contribution in [0.4, 0.5) is 0 Å². The van der Waals surface area contributed by atoms with Crippen LogP contribution in [0.3, 0.4) is 0 Å². The zero-order valence-electron chi connectivity index (χ0n) is 7.01. The van der Waals surface area contributed by atoms with Crippen LogP contribution in [0.15, 0.2) is 17.5 Å². The molecule has 0 aromatic carbocycles. The minimum Gasteiger partial charge on any atom is -0.273 e. The van der Waals surface area contributed by atoms with E-state index < -0.39 is 0 Å². The average molecular weight is 165 g/mol. The van der Waals surface area contributed by atoms with Gasteiger partial charge in [-0.05, 0) is 24.4 Å². The quantitative estimate of drug-likeness (QED) is 0.380. The lowest BCUT2D eigenvalue weighted by atomic mass is 10.3. The predicted octanol–water partition coefficient (Wildman–Crippen LogP) is 1.76. The van der Waals surface area contributed by atoms with Crippen LogP contribution in [-0.4, -0.2) is 16.3 Å². The number of hydrogen-bond acceptors (Lipinski definition) is 2. The molecule has 0 unspecified atom stereocenters. The third kappa shape index (κ3) is 2.29. The van der Waals surface area contributed by atoms with Gasteiger partial charge in [-0.3, -0.25) is 4.68 Å². The summed E-state index contributed by atoms with van der Waals surface area (Å²) >= 11 is 0. The molecule has 64 valence electrons. The van der Waals surface area contributed by atoms with E-state index >= 15 is 0 Å². The van der Waals surface area contributed by atoms with Gasteiger partial charge < -0.3 is 0 Å². The Balaban J connectivity index is 2.46. The minimum atomic E-state index is 0.506. The van der Waals surface area contributed by atoms with Gasteiger partial charge in [-0.25, -0.2) is 0 Å². The van der Waals surface area contributed by atoms with Crippen LogP contribution in [0.25, 0.3) is 10.4 Å². The fourth-order valence-corrected chi connectivity index (χ4v) is 0.932. The molecular formula is C7H11N5. The Hall–Kier alpha value is -1.48. The van der Waals surface area contributed by atoms with E-state index in [0.29, 0.717) is 6.54 Å². The summed E-state index contributed by atoms with van der Waals surface area (Å²) in [5.41, 5.74) is 9.15. The number of aryl methyl sites for hydroxylation is 1. The lowest BCUT2D eigenvalue weighted by Crippen LogP contribution is -1.92. The number of nitrogens with zero attached hydrogens (tertiary/aromatic N) is 5. The smallest absolute Gasteiger partial charge is 0.0521 e. The molecule has 1 rings (SSSR count). The lowest BCUT2D eigenvalue weighted by molar-refractivity contribution is 0.659. The molecule has 0 spiro atoms. The van der Waals surface area contributed by atoms with Gasteiger partial charge in [-0.2, -0.15) is 5.10 Å². The monoisotopic (exact) mass is 165 g/mol. The van der Waals surface area contributed by atoms with E-state index in [9.17, 15) is 0 Å². The second-order valence-corrected chi connectivity index (χ2v) is 2.41. The highest BCUT2D eigenvalue weighted by Gasteiger charge is 1.94. The van der Waals surface area contributed by atoms with Crippen LogP contribution in [0.1, 0.15) is 12.5 Å². The molecule has 1 aromatic heterocycles. The summed E-state index contributed by atoms with van der Waals surface area (Å²) in [6.07, 6.45) is 4.54. The first-order valence-electron chi connectivity index (χ1n) is 3.89. The highest BCUT2D eigenvalue weighted by molar-refractivity contribution is 5.04. The van der Waals surface area contributed by atoms with E-state index in [-0.39, 0.29) is 0 Å². The third-order valence-corrected chi connectivity index (χ3v) is 1.57. The van der Waals surface area contributed by atoms with E-state index in [0.717, 1.165) is 18.5 Å². The van der Waals surface area contributed by atoms with Crippen LogP contribution in [0.2, 0.25) is 0 Å². The molecule has 5 nitrogen and oxygen atoms in total. The van der Waals surface area contributed by atoms with Crippen molar-refractivity contribution in [1.82, 2.24) is 9.78 Å². The summed E-state index contributed by atoms with van der Waals surface area (Å²) < 4.78 is 1.85. The molecule has 5 heteroatoms. The zero-order valence-corrected chi connectivity index (χ0v) is 7.01. The SMILES string of the molecule is CCn1cc(CCN=[N+]=[N-])cn1. The average Bonchev–Trinajstić information content (AvgIpc) is 2.53. The molecule has 0 bridgehead atoms. The molecule has 0 saturated carbocycles. The molecule has 0 aliphatic carbocycles. The molecule has 12 heavy (non-hydrogen) atoms. The van der Waals surface area contributed by atoms with Gasteiger partial charge in [-0.1, -0.05) is 5.11 Å². The minimum absolute atomic E-state index is 0.506. The predicted molar refractivity (Wildman–Crippen MR) is 45.6 cm³/mol. The molecule has 0 radical (unpaired) electrons. The Bertz CT molecular complexity index is 284. The van der Waals surface area contributed by atoms with Gasteiger partial charge in [0.1, 0.15) is 0 Å². The zero-order chi connectivity index (χ0) is 8.81. The first-order chi connectivity index (χ1) is 5.86. The Morgan fingerprint density at radius 3 is 3.17 bits per heavy atom. The first-order valence-corrected chi connectivity index (χ1v) is 3.89. The Labute approximate surface area is 70.6 Å². The van der Waals surface area contributed by atoms with Crippen molar-refractivity contribution in [2.24, 2.45) is 5.11 Å². The first kappa shape index (κ1) is 8.62. The maximum atomic E-state index is 8.03. The van der Waals surface area contributed by atoms with E-state index in [2.05, 4.69) is 15.1 Å². The topological polar surface area (TPSA) is 66.6 Å². The molecular weight excluding hydrogens is 154 g/mol. The maximum Gasteiger partial charge on any atom is 0.0521 e. The second kappa shape index (κ2) is 4.41. The number of hydrogen-bond donors (Lipinski definition) is 0. The van der Waals surface area contributed by atoms with Gasteiger partial charge in [0.05, 0.1) is 6.20 Å². The Morgan fingerprint density at radius 1 is 1.75 bits per heavy atom. The van der Waals surface area contributed by atoms with Crippen LogP contribution >= 0.6 is 0 Å². The highest BCUT2D eigenvalue weighted by atomic mass is 15.3. The highest BCUT2D eigenvalue weighted by Crippen LogP contribution is 1.98. The van der Waals surface area contributed by atoms with E-state index in [4.69, 9.17) is 5.53 Å². The summed E-state index contributed by atoms with van der Waals surface area (Å²) in [7, 11) is 0. The van der Waals surface area contributed by atoms with Crippen LogP contribution in [-0.2, 0) is 13.0 Å². The summed E-state index contributed by atoms with van der Waals surface area (Å²) in [4.78, 5) is 2.68. The van der Waals surface area contributed by atoms with Crippen molar-refractivity contribution in [3.8, 4) is 0 Å². The third-order valence-electron chi connectivity index (χ3n) is 1.57. The van der Waals surface area contributed by atoms with Crippen molar-refractivity contribution in [2.75, 3.05) is 6.54 Å². The Morgan fingerprint density at radius 2 is 2.58 bits per heavy atom. The van der Waals surface area contributed by atoms with Gasteiger partial charge in [0, 0.05) is 24.2 Å². The molecule has 0 fully saturated rings. The van der Waals surface area contributed by atoms with Crippen LogP contribution in [0.5, 0.6) is 0 Å². The van der Waals surface area contributed by atoms with Gasteiger partial charge in [-0.15, -0.1) is 0 Å². The van der Waals surface area contributed by atoms with Crippen molar-refractivity contribution in [2.45, 2.75) is 19.9 Å². The summed E-state index contributed by atoms with van der Waals surface area (Å²) in [5.74, 6) is 0. The molecule has 0 aliphatic heterocycles. The van der Waals surface area contributed by atoms with Gasteiger partial charge >= 0.3 is 0 Å². The summed E-state index contributed by atoms with van der Waals surface area (Å²) in [6, 6.07) is 0. The standard InChI is InChI=1S/C7H11N5/c1-2-12-6-7(5-10-12)3-4-9-11-8/h5-6H,2-4H2,1H3. The summed E-state index contributed by atoms with van der Waals surface area (Å²) in [5, 5.41) is 7.54. The van der Waals surface area contributed by atoms with Crippen LogP contribution in [0, 0.1) is 0 Å². The summed E-state index contributed by atoms with van der Waals surface area (Å²) in [6.45, 7) is 3.41. The molecule has 1 aromatic rings. The normalized spacial score (nSPS) is 9.42. The van der Waals surface area contributed by atoms with Crippen molar-refractivity contribution >= 4 is 0 Å². The van der Waals surface area contributed by atoms with E-state index in [1.807, 2.05) is 17.8 Å². The van der Waals surface area contributed by atoms with Gasteiger partial charge in [0.15, 0.2) is 0 Å². The van der Waals surface area contributed by atoms with Crippen molar-refractivity contribution in [3.63, 3.8) is 0 Å². The van der Waals surface area contributed by atoms with Gasteiger partial charge in [0.25, 0.3) is 0 Å². The molecule has 0 saturated heterocycles. The van der Waals surface area contributed by atoms with E-state index in [1.165, 1.54) is 0 Å². The van der Waals surface area contributed by atoms with Crippen molar-refractivity contribution in [1.29, 1.82) is 0 Å². The fourth-order valence-electron chi connectivity index (χ4n) is 0.932. The molecule has 0 N–H and O–H groups in total. The number of aromatic nitrogens is 2. The molecule has 0 atom stereocenters. The van der Waals surface area contributed by atoms with Crippen LogP contribution < -0.4 is 0 Å². The molecule has 0 aliphatic rings. The second-order valence-electron chi connectivity index (χ2n) is 2.41. The van der Waals surface area contributed by atoms with Gasteiger partial charge in [0.2, 0.25) is 0 Å². The number of rotatable bonds is 4. The number of azide groups is 1. The Kier molecular flexibility index (Phi) is 3.17. The van der Waals surface area contributed by atoms with Crippen molar-refractivity contribution in [3.05, 3.63) is 28.4 Å². The van der Waals surface area contributed by atoms with E-state index in [1.54, 1.807) is 6.20 Å². The lowest BCUT2D eigenvalue weighted by Gasteiger charge is -1.90. The van der Waals surface area contributed by atoms with Crippen molar-refractivity contribution < 1.29 is 0 Å². The molecule has 0 amide bonds. The molecule has 1 heterocycles.